The zero-order valence-corrected chi connectivity index (χ0v) is 22.7. The van der Waals surface area contributed by atoms with Gasteiger partial charge in [-0.2, -0.15) is 10.4 Å². The molecule has 0 spiro atoms. The molecule has 1 aliphatic heterocycles. The lowest BCUT2D eigenvalue weighted by Gasteiger charge is -2.37. The molecule has 1 saturated heterocycles. The number of aromatic nitrogens is 3. The van der Waals surface area contributed by atoms with Crippen molar-refractivity contribution in [2.45, 2.75) is 35.9 Å². The highest BCUT2D eigenvalue weighted by Gasteiger charge is 2.40. The average Bonchev–Trinajstić information content (AvgIpc) is 3.40. The molecule has 0 bridgehead atoms. The summed E-state index contributed by atoms with van der Waals surface area (Å²) in [7, 11) is 0. The number of thioether (sulfide) groups is 1. The molecule has 11 heteroatoms. The number of aliphatic hydroxyl groups is 1. The van der Waals surface area contributed by atoms with Crippen molar-refractivity contribution in [1.82, 2.24) is 14.8 Å². The van der Waals surface area contributed by atoms with Crippen molar-refractivity contribution in [2.24, 2.45) is 0 Å². The maximum Gasteiger partial charge on any atom is 0.177 e. The van der Waals surface area contributed by atoms with Crippen LogP contribution in [0.15, 0.2) is 67.3 Å². The summed E-state index contributed by atoms with van der Waals surface area (Å²) in [6.07, 6.45) is 9.15. The Bertz CT molecular complexity index is 1340. The van der Waals surface area contributed by atoms with Crippen LogP contribution in [0.5, 0.6) is 0 Å². The van der Waals surface area contributed by atoms with Gasteiger partial charge in [-0.1, -0.05) is 60.5 Å². The van der Waals surface area contributed by atoms with Crippen LogP contribution in [0.1, 0.15) is 23.6 Å². The molecule has 2 atom stereocenters. The second-order valence-electron chi connectivity index (χ2n) is 8.67. The number of hydrogen-bond donors (Lipinski definition) is 1. The summed E-state index contributed by atoms with van der Waals surface area (Å²) >= 11 is 14.1. The van der Waals surface area contributed by atoms with E-state index in [-0.39, 0.29) is 22.6 Å². The van der Waals surface area contributed by atoms with Crippen LogP contribution >= 0.6 is 35.0 Å². The number of rotatable bonds is 9. The van der Waals surface area contributed by atoms with E-state index in [4.69, 9.17) is 37.9 Å². The van der Waals surface area contributed by atoms with E-state index in [1.165, 1.54) is 24.2 Å². The van der Waals surface area contributed by atoms with Crippen molar-refractivity contribution in [1.29, 1.82) is 5.26 Å². The van der Waals surface area contributed by atoms with E-state index in [0.29, 0.717) is 34.4 Å². The number of nitriles is 1. The van der Waals surface area contributed by atoms with Gasteiger partial charge in [-0.05, 0) is 30.3 Å². The third kappa shape index (κ3) is 7.03. The molecule has 0 radical (unpaired) electrons. The SMILES string of the molecule is C[C@@H](SC1COC(/C=C/C=C/c2ccc(C#N)cc2F)OC1)[C@](O)(Cn1cncn1)c1ccc(Cl)cc1Cl. The lowest BCUT2D eigenvalue weighted by Crippen LogP contribution is -2.43. The molecule has 0 aliphatic carbocycles. The molecule has 4 rings (SSSR count). The van der Waals surface area contributed by atoms with Crippen LogP contribution in [0.25, 0.3) is 6.08 Å². The summed E-state index contributed by atoms with van der Waals surface area (Å²) in [4.78, 5) is 3.98. The normalized spacial score (nSPS) is 20.4. The Morgan fingerprint density at radius 2 is 2.05 bits per heavy atom. The van der Waals surface area contributed by atoms with Crippen LogP contribution < -0.4 is 0 Å². The molecule has 1 aromatic heterocycles. The lowest BCUT2D eigenvalue weighted by molar-refractivity contribution is -0.146. The van der Waals surface area contributed by atoms with Gasteiger partial charge in [0.25, 0.3) is 0 Å². The molecule has 38 heavy (non-hydrogen) atoms. The van der Waals surface area contributed by atoms with Crippen molar-refractivity contribution in [3.05, 3.63) is 99.8 Å². The molecule has 2 heterocycles. The average molecular weight is 575 g/mol. The van der Waals surface area contributed by atoms with Crippen LogP contribution in [-0.4, -0.2) is 49.9 Å². The first-order valence-electron chi connectivity index (χ1n) is 11.7. The van der Waals surface area contributed by atoms with Gasteiger partial charge in [-0.25, -0.2) is 14.1 Å². The highest BCUT2D eigenvalue weighted by Crippen LogP contribution is 2.40. The highest BCUT2D eigenvalue weighted by molar-refractivity contribution is 8.00. The monoisotopic (exact) mass is 574 g/mol. The largest absolute Gasteiger partial charge is 0.382 e. The predicted octanol–water partition coefficient (Wildman–Crippen LogP) is 5.62. The van der Waals surface area contributed by atoms with Crippen LogP contribution in [0.3, 0.4) is 0 Å². The lowest BCUT2D eigenvalue weighted by atomic mass is 9.90. The van der Waals surface area contributed by atoms with E-state index in [2.05, 4.69) is 10.1 Å². The first-order chi connectivity index (χ1) is 18.3. The van der Waals surface area contributed by atoms with Crippen LogP contribution in [-0.2, 0) is 21.6 Å². The second kappa shape index (κ2) is 12.9. The van der Waals surface area contributed by atoms with E-state index in [1.807, 2.05) is 13.0 Å². The van der Waals surface area contributed by atoms with E-state index < -0.39 is 17.7 Å². The van der Waals surface area contributed by atoms with Gasteiger partial charge in [0.1, 0.15) is 24.1 Å². The molecule has 7 nitrogen and oxygen atoms in total. The molecule has 0 unspecified atom stereocenters. The Hall–Kier alpha value is -2.71. The highest BCUT2D eigenvalue weighted by atomic mass is 35.5. The standard InChI is InChI=1S/C27H25Cl2FN4O3S/c1-18(27(35,15-34-17-32-16-33-34)23-9-8-21(28)11-24(23)29)38-22-13-36-26(37-14-22)5-3-2-4-20-7-6-19(12-31)10-25(20)30/h2-11,16-18,22,26,35H,13-15H2,1H3/b4-2+,5-3+/t18-,22?,26?,27-/m1/s1. The fourth-order valence-corrected chi connectivity index (χ4v) is 5.86. The second-order valence-corrected chi connectivity index (χ2v) is 11.2. The molecule has 1 N–H and O–H groups in total. The Labute approximate surface area is 234 Å². The Morgan fingerprint density at radius 1 is 1.26 bits per heavy atom. The van der Waals surface area contributed by atoms with Crippen LogP contribution in [0.4, 0.5) is 4.39 Å². The van der Waals surface area contributed by atoms with Crippen molar-refractivity contribution < 1.29 is 19.0 Å². The molecule has 3 aromatic rings. The summed E-state index contributed by atoms with van der Waals surface area (Å²) in [6, 6.07) is 11.2. The quantitative estimate of drug-likeness (QED) is 0.331. The summed E-state index contributed by atoms with van der Waals surface area (Å²) in [6.45, 7) is 2.89. The third-order valence-corrected chi connectivity index (χ3v) is 8.02. The minimum atomic E-state index is -1.37. The first-order valence-corrected chi connectivity index (χ1v) is 13.4. The molecule has 0 amide bonds. The Morgan fingerprint density at radius 3 is 2.71 bits per heavy atom. The van der Waals surface area contributed by atoms with Gasteiger partial charge < -0.3 is 14.6 Å². The van der Waals surface area contributed by atoms with Crippen molar-refractivity contribution in [3.8, 4) is 6.07 Å². The Kier molecular flexibility index (Phi) is 9.60. The number of halogens is 3. The molecule has 1 fully saturated rings. The molecular formula is C27H25Cl2FN4O3S. The molecule has 0 saturated carbocycles. The zero-order valence-electron chi connectivity index (χ0n) is 20.4. The number of nitrogens with zero attached hydrogens (tertiary/aromatic N) is 4. The van der Waals surface area contributed by atoms with Gasteiger partial charge >= 0.3 is 0 Å². The Balaban J connectivity index is 1.36. The minimum absolute atomic E-state index is 0.0358. The molecule has 198 valence electrons. The fourth-order valence-electron chi connectivity index (χ4n) is 3.97. The van der Waals surface area contributed by atoms with Crippen molar-refractivity contribution in [3.63, 3.8) is 0 Å². The van der Waals surface area contributed by atoms with E-state index in [0.717, 1.165) is 0 Å². The zero-order chi connectivity index (χ0) is 27.1. The number of allylic oxidation sites excluding steroid dienone is 2. The van der Waals surface area contributed by atoms with Crippen molar-refractivity contribution >= 4 is 41.0 Å². The van der Waals surface area contributed by atoms with Crippen LogP contribution in [0, 0.1) is 17.1 Å². The van der Waals surface area contributed by atoms with E-state index >= 15 is 0 Å². The van der Waals surface area contributed by atoms with Gasteiger partial charge in [-0.3, -0.25) is 0 Å². The summed E-state index contributed by atoms with van der Waals surface area (Å²) in [5.41, 5.74) is -0.178. The molecular weight excluding hydrogens is 550 g/mol. The van der Waals surface area contributed by atoms with E-state index in [9.17, 15) is 9.50 Å². The third-order valence-electron chi connectivity index (χ3n) is 6.01. The van der Waals surface area contributed by atoms with Gasteiger partial charge in [0.05, 0.1) is 36.6 Å². The number of benzene rings is 2. The maximum absolute atomic E-state index is 14.0. The topological polar surface area (TPSA) is 93.2 Å². The fraction of sp³-hybridized carbons (Fsp3) is 0.296. The summed E-state index contributed by atoms with van der Waals surface area (Å²) in [5, 5.41) is 25.4. The molecule has 1 aliphatic rings. The van der Waals surface area contributed by atoms with Crippen LogP contribution in [0.2, 0.25) is 10.0 Å². The summed E-state index contributed by atoms with van der Waals surface area (Å²) in [5.74, 6) is -0.462. The minimum Gasteiger partial charge on any atom is -0.382 e. The maximum atomic E-state index is 14.0. The molecule has 2 aromatic carbocycles. The smallest absolute Gasteiger partial charge is 0.177 e. The van der Waals surface area contributed by atoms with Gasteiger partial charge in [0.15, 0.2) is 6.29 Å². The predicted molar refractivity (Wildman–Crippen MR) is 146 cm³/mol. The number of ether oxygens (including phenoxy) is 2. The summed E-state index contributed by atoms with van der Waals surface area (Å²) < 4.78 is 27.2. The van der Waals surface area contributed by atoms with Gasteiger partial charge in [0.2, 0.25) is 0 Å². The van der Waals surface area contributed by atoms with Gasteiger partial charge in [0, 0.05) is 26.4 Å². The van der Waals surface area contributed by atoms with E-state index in [1.54, 1.807) is 65.6 Å². The number of hydrogen-bond acceptors (Lipinski definition) is 7. The van der Waals surface area contributed by atoms with Gasteiger partial charge in [-0.15, -0.1) is 11.8 Å². The van der Waals surface area contributed by atoms with Crippen molar-refractivity contribution in [2.75, 3.05) is 13.2 Å². The first kappa shape index (κ1) is 28.3.